The van der Waals surface area contributed by atoms with Crippen molar-refractivity contribution in [3.63, 3.8) is 0 Å². The maximum atomic E-state index is 11.4. The number of carbonyl (C=O) groups is 2. The number of amides is 1. The molecule has 1 heterocycles. The van der Waals surface area contributed by atoms with Crippen LogP contribution in [0.1, 0.15) is 10.4 Å². The van der Waals surface area contributed by atoms with Gasteiger partial charge in [-0.15, -0.1) is 0 Å². The number of hydrogen-bond donors (Lipinski definition) is 3. The van der Waals surface area contributed by atoms with Crippen LogP contribution < -0.4 is 10.6 Å². The summed E-state index contributed by atoms with van der Waals surface area (Å²) in [6, 6.07) is 2.69. The van der Waals surface area contributed by atoms with Crippen LogP contribution in [0.4, 0.5) is 5.82 Å². The van der Waals surface area contributed by atoms with Gasteiger partial charge in [0, 0.05) is 13.7 Å². The first-order chi connectivity index (χ1) is 9.04. The summed E-state index contributed by atoms with van der Waals surface area (Å²) in [5.74, 6) is -1.39. The highest BCUT2D eigenvalue weighted by molar-refractivity contribution is 6.29. The standard InChI is InChI=1S/C11H14ClN3O4/c1-19-5-4-13-9(16)6-14-10-7(11(17)18)2-3-8(12)15-10/h2-3H,4-6H2,1H3,(H,13,16)(H,14,15)(H,17,18). The quantitative estimate of drug-likeness (QED) is 0.502. The van der Waals surface area contributed by atoms with Crippen molar-refractivity contribution in [3.05, 3.63) is 22.8 Å². The third-order valence-electron chi connectivity index (χ3n) is 2.14. The number of carbonyl (C=O) groups excluding carboxylic acids is 1. The van der Waals surface area contributed by atoms with Gasteiger partial charge < -0.3 is 20.5 Å². The van der Waals surface area contributed by atoms with Gasteiger partial charge in [0.15, 0.2) is 0 Å². The number of aromatic nitrogens is 1. The van der Waals surface area contributed by atoms with E-state index in [2.05, 4.69) is 15.6 Å². The van der Waals surface area contributed by atoms with E-state index in [1.165, 1.54) is 19.2 Å². The Bertz CT molecular complexity index is 467. The second-order valence-electron chi connectivity index (χ2n) is 3.53. The van der Waals surface area contributed by atoms with Gasteiger partial charge in [-0.3, -0.25) is 4.79 Å². The highest BCUT2D eigenvalue weighted by Crippen LogP contribution is 2.16. The first kappa shape index (κ1) is 15.2. The molecule has 0 aliphatic carbocycles. The summed E-state index contributed by atoms with van der Waals surface area (Å²) in [4.78, 5) is 26.2. The highest BCUT2D eigenvalue weighted by atomic mass is 35.5. The predicted molar refractivity (Wildman–Crippen MR) is 69.6 cm³/mol. The normalized spacial score (nSPS) is 10.0. The number of carboxylic acid groups (broad SMARTS) is 1. The van der Waals surface area contributed by atoms with Crippen molar-refractivity contribution < 1.29 is 19.4 Å². The molecule has 1 rings (SSSR count). The van der Waals surface area contributed by atoms with E-state index in [0.29, 0.717) is 13.2 Å². The van der Waals surface area contributed by atoms with E-state index in [0.717, 1.165) is 0 Å². The van der Waals surface area contributed by atoms with Crippen molar-refractivity contribution in [2.45, 2.75) is 0 Å². The summed E-state index contributed by atoms with van der Waals surface area (Å²) in [6.07, 6.45) is 0. The van der Waals surface area contributed by atoms with Gasteiger partial charge in [-0.2, -0.15) is 0 Å². The molecule has 7 nitrogen and oxygen atoms in total. The smallest absolute Gasteiger partial charge is 0.339 e. The number of nitrogens with one attached hydrogen (secondary N) is 2. The number of nitrogens with zero attached hydrogens (tertiary/aromatic N) is 1. The van der Waals surface area contributed by atoms with Crippen molar-refractivity contribution in [3.8, 4) is 0 Å². The molecular formula is C11H14ClN3O4. The van der Waals surface area contributed by atoms with E-state index in [9.17, 15) is 9.59 Å². The molecule has 0 fully saturated rings. The maximum absolute atomic E-state index is 11.4. The molecule has 0 atom stereocenters. The minimum Gasteiger partial charge on any atom is -0.478 e. The van der Waals surface area contributed by atoms with E-state index in [4.69, 9.17) is 21.4 Å². The van der Waals surface area contributed by atoms with Gasteiger partial charge in [0.2, 0.25) is 5.91 Å². The molecule has 0 radical (unpaired) electrons. The third kappa shape index (κ3) is 5.11. The van der Waals surface area contributed by atoms with Crippen LogP contribution in [0, 0.1) is 0 Å². The minimum absolute atomic E-state index is 0.0471. The summed E-state index contributed by atoms with van der Waals surface area (Å²) < 4.78 is 4.78. The first-order valence-electron chi connectivity index (χ1n) is 5.44. The molecule has 0 aliphatic heterocycles. The lowest BCUT2D eigenvalue weighted by Gasteiger charge is -2.09. The molecule has 0 spiro atoms. The fourth-order valence-corrected chi connectivity index (χ4v) is 1.41. The van der Waals surface area contributed by atoms with Crippen LogP contribution in [-0.2, 0) is 9.53 Å². The lowest BCUT2D eigenvalue weighted by molar-refractivity contribution is -0.119. The molecule has 0 bridgehead atoms. The molecule has 104 valence electrons. The number of ether oxygens (including phenoxy) is 1. The van der Waals surface area contributed by atoms with Crippen molar-refractivity contribution in [2.75, 3.05) is 32.1 Å². The lowest BCUT2D eigenvalue weighted by Crippen LogP contribution is -2.32. The summed E-state index contributed by atoms with van der Waals surface area (Å²) in [5, 5.41) is 14.3. The van der Waals surface area contributed by atoms with Gasteiger partial charge in [-0.25, -0.2) is 9.78 Å². The number of rotatable bonds is 7. The van der Waals surface area contributed by atoms with Crippen molar-refractivity contribution in [2.24, 2.45) is 0 Å². The number of carboxylic acids is 1. The lowest BCUT2D eigenvalue weighted by atomic mass is 10.2. The van der Waals surface area contributed by atoms with E-state index in [1.54, 1.807) is 0 Å². The Morgan fingerprint density at radius 2 is 2.21 bits per heavy atom. The zero-order chi connectivity index (χ0) is 14.3. The number of halogens is 1. The largest absolute Gasteiger partial charge is 0.478 e. The molecule has 19 heavy (non-hydrogen) atoms. The van der Waals surface area contributed by atoms with Gasteiger partial charge in [-0.05, 0) is 12.1 Å². The Morgan fingerprint density at radius 1 is 1.47 bits per heavy atom. The summed E-state index contributed by atoms with van der Waals surface area (Å²) in [5.41, 5.74) is -0.0471. The second-order valence-corrected chi connectivity index (χ2v) is 3.92. The average molecular weight is 288 g/mol. The number of anilines is 1. The average Bonchev–Trinajstić information content (AvgIpc) is 2.36. The molecule has 0 saturated heterocycles. The zero-order valence-electron chi connectivity index (χ0n) is 10.3. The Balaban J connectivity index is 2.59. The molecular weight excluding hydrogens is 274 g/mol. The van der Waals surface area contributed by atoms with Crippen LogP contribution in [0.2, 0.25) is 5.15 Å². The van der Waals surface area contributed by atoms with Crippen LogP contribution >= 0.6 is 11.6 Å². The monoisotopic (exact) mass is 287 g/mol. The Labute approximate surface area is 114 Å². The molecule has 1 aromatic heterocycles. The molecule has 0 saturated carbocycles. The van der Waals surface area contributed by atoms with E-state index in [1.807, 2.05) is 0 Å². The van der Waals surface area contributed by atoms with Crippen molar-refractivity contribution in [1.82, 2.24) is 10.3 Å². The number of hydrogen-bond acceptors (Lipinski definition) is 5. The molecule has 0 aromatic carbocycles. The summed E-state index contributed by atoms with van der Waals surface area (Å²) in [7, 11) is 1.53. The van der Waals surface area contributed by atoms with Gasteiger partial charge >= 0.3 is 5.97 Å². The van der Waals surface area contributed by atoms with Crippen LogP contribution in [0.25, 0.3) is 0 Å². The summed E-state index contributed by atoms with van der Waals surface area (Å²) >= 11 is 5.68. The molecule has 0 aliphatic rings. The van der Waals surface area contributed by atoms with E-state index in [-0.39, 0.29) is 29.0 Å². The third-order valence-corrected chi connectivity index (χ3v) is 2.35. The number of methoxy groups -OCH3 is 1. The van der Waals surface area contributed by atoms with Crippen LogP contribution in [0.3, 0.4) is 0 Å². The van der Waals surface area contributed by atoms with Gasteiger partial charge in [0.1, 0.15) is 16.5 Å². The predicted octanol–water partition coefficient (Wildman–Crippen LogP) is 0.608. The molecule has 3 N–H and O–H groups in total. The Kier molecular flexibility index (Phi) is 6.04. The first-order valence-corrected chi connectivity index (χ1v) is 5.81. The van der Waals surface area contributed by atoms with Crippen LogP contribution in [-0.4, -0.2) is 48.8 Å². The van der Waals surface area contributed by atoms with Gasteiger partial charge in [0.05, 0.1) is 13.2 Å². The van der Waals surface area contributed by atoms with Crippen molar-refractivity contribution in [1.29, 1.82) is 0 Å². The molecule has 1 aromatic rings. The van der Waals surface area contributed by atoms with Crippen LogP contribution in [0.5, 0.6) is 0 Å². The fraction of sp³-hybridized carbons (Fsp3) is 0.364. The Hall–Kier alpha value is -1.86. The topological polar surface area (TPSA) is 101 Å². The number of pyridine rings is 1. The maximum Gasteiger partial charge on any atom is 0.339 e. The van der Waals surface area contributed by atoms with Gasteiger partial charge in [0.25, 0.3) is 0 Å². The van der Waals surface area contributed by atoms with Crippen molar-refractivity contribution >= 4 is 29.3 Å². The number of aromatic carboxylic acids is 1. The zero-order valence-corrected chi connectivity index (χ0v) is 11.0. The van der Waals surface area contributed by atoms with E-state index >= 15 is 0 Å². The Morgan fingerprint density at radius 3 is 2.84 bits per heavy atom. The second kappa shape index (κ2) is 7.55. The van der Waals surface area contributed by atoms with Crippen LogP contribution in [0.15, 0.2) is 12.1 Å². The summed E-state index contributed by atoms with van der Waals surface area (Å²) in [6.45, 7) is 0.685. The minimum atomic E-state index is -1.15. The fourth-order valence-electron chi connectivity index (χ4n) is 1.26. The SMILES string of the molecule is COCCNC(=O)CNc1nc(Cl)ccc1C(=O)O. The highest BCUT2D eigenvalue weighted by Gasteiger charge is 2.12. The molecule has 0 unspecified atom stereocenters. The molecule has 8 heteroatoms. The van der Waals surface area contributed by atoms with Gasteiger partial charge in [-0.1, -0.05) is 11.6 Å². The van der Waals surface area contributed by atoms with E-state index < -0.39 is 5.97 Å². The molecule has 1 amide bonds.